The third-order valence-electron chi connectivity index (χ3n) is 9.70. The van der Waals surface area contributed by atoms with Crippen LogP contribution in [0.5, 0.6) is 0 Å². The Kier molecular flexibility index (Phi) is 9.28. The number of benzene rings is 3. The molecule has 4 atom stereocenters. The molecular weight excluding hydrogens is 563 g/mol. The molecule has 1 aliphatic heterocycles. The second kappa shape index (κ2) is 12.8. The van der Waals surface area contributed by atoms with E-state index in [0.29, 0.717) is 17.8 Å². The first-order valence-corrected chi connectivity index (χ1v) is 21.5. The Balaban J connectivity index is 1.73. The summed E-state index contributed by atoms with van der Waals surface area (Å²) in [6.07, 6.45) is 4.89. The van der Waals surface area contributed by atoms with Crippen LogP contribution in [0.25, 0.3) is 0 Å². The van der Waals surface area contributed by atoms with Gasteiger partial charge in [0.15, 0.2) is 13.9 Å². The van der Waals surface area contributed by atoms with Gasteiger partial charge in [-0.25, -0.2) is 4.79 Å². The normalized spacial score (nSPS) is 23.2. The molecular formula is C37H47NO3Si2. The summed E-state index contributed by atoms with van der Waals surface area (Å²) in [7, 11) is -5.07. The van der Waals surface area contributed by atoms with Gasteiger partial charge in [0.1, 0.15) is 6.10 Å². The molecule has 4 nitrogen and oxygen atoms in total. The van der Waals surface area contributed by atoms with Crippen molar-refractivity contribution < 1.29 is 14.3 Å². The fraction of sp³-hybridized carbons (Fsp3) is 0.405. The summed E-state index contributed by atoms with van der Waals surface area (Å²) < 4.78 is 6.57. The summed E-state index contributed by atoms with van der Waals surface area (Å²) in [5.74, 6) is 1.46. The molecule has 3 aromatic carbocycles. The number of ketones is 1. The van der Waals surface area contributed by atoms with E-state index in [4.69, 9.17) is 4.74 Å². The van der Waals surface area contributed by atoms with Gasteiger partial charge in [-0.3, -0.25) is 9.69 Å². The Bertz CT molecular complexity index is 1340. The smallest absolute Gasteiger partial charge is 0.414 e. The van der Waals surface area contributed by atoms with Crippen molar-refractivity contribution >= 4 is 43.6 Å². The van der Waals surface area contributed by atoms with E-state index in [2.05, 4.69) is 113 Å². The number of hydrogen-bond acceptors (Lipinski definition) is 3. The molecule has 2 aliphatic rings. The second-order valence-electron chi connectivity index (χ2n) is 14.0. The van der Waals surface area contributed by atoms with Crippen LogP contribution < -0.4 is 15.6 Å². The molecule has 1 heterocycles. The van der Waals surface area contributed by atoms with E-state index in [1.807, 2.05) is 29.3 Å². The van der Waals surface area contributed by atoms with E-state index in [1.165, 1.54) is 22.0 Å². The molecule has 0 bridgehead atoms. The van der Waals surface area contributed by atoms with E-state index < -0.39 is 16.1 Å². The minimum absolute atomic E-state index is 0.125. The third-order valence-corrected chi connectivity index (χ3v) is 16.9. The average molecular weight is 610 g/mol. The monoisotopic (exact) mass is 609 g/mol. The van der Waals surface area contributed by atoms with E-state index in [0.717, 1.165) is 18.0 Å². The molecule has 226 valence electrons. The molecule has 1 aliphatic carbocycles. The average Bonchev–Trinajstić information content (AvgIpc) is 2.98. The van der Waals surface area contributed by atoms with Crippen molar-refractivity contribution in [2.24, 2.45) is 17.8 Å². The number of amides is 1. The summed E-state index contributed by atoms with van der Waals surface area (Å²) in [6, 6.07) is 31.7. The Morgan fingerprint density at radius 1 is 0.814 bits per heavy atom. The number of hydrogen-bond donors (Lipinski definition) is 0. The minimum Gasteiger partial charge on any atom is -0.446 e. The lowest BCUT2D eigenvalue weighted by molar-refractivity contribution is -0.116. The quantitative estimate of drug-likeness (QED) is 0.221. The van der Waals surface area contributed by atoms with Crippen LogP contribution in [0.1, 0.15) is 46.5 Å². The van der Waals surface area contributed by atoms with Gasteiger partial charge in [-0.1, -0.05) is 138 Å². The molecule has 0 unspecified atom stereocenters. The molecule has 0 radical (unpaired) electrons. The van der Waals surface area contributed by atoms with Crippen LogP contribution in [0.4, 0.5) is 4.79 Å². The molecule has 1 fully saturated rings. The Morgan fingerprint density at radius 3 is 1.74 bits per heavy atom. The molecule has 0 aromatic heterocycles. The first-order chi connectivity index (χ1) is 20.5. The Hall–Kier alpha value is -3.23. The molecule has 0 saturated heterocycles. The fourth-order valence-corrected chi connectivity index (χ4v) is 14.3. The van der Waals surface area contributed by atoms with Crippen molar-refractivity contribution in [3.05, 3.63) is 102 Å². The van der Waals surface area contributed by atoms with Gasteiger partial charge < -0.3 is 4.74 Å². The molecule has 5 rings (SSSR count). The van der Waals surface area contributed by atoms with Crippen molar-refractivity contribution in [2.75, 3.05) is 0 Å². The lowest BCUT2D eigenvalue weighted by Gasteiger charge is -2.47. The topological polar surface area (TPSA) is 46.6 Å². The number of Topliss-reactive ketones (excluding diaryl/α,β-unsaturated/α-hetero) is 1. The summed E-state index contributed by atoms with van der Waals surface area (Å²) in [4.78, 5) is 30.7. The predicted octanol–water partition coefficient (Wildman–Crippen LogP) is 6.70. The van der Waals surface area contributed by atoms with Gasteiger partial charge in [0.2, 0.25) is 0 Å². The van der Waals surface area contributed by atoms with Crippen LogP contribution in [0.3, 0.4) is 0 Å². The van der Waals surface area contributed by atoms with Crippen LogP contribution in [-0.4, -0.2) is 44.7 Å². The van der Waals surface area contributed by atoms with Gasteiger partial charge in [-0.15, -0.1) is 0 Å². The number of rotatable bonds is 7. The van der Waals surface area contributed by atoms with Gasteiger partial charge in [0, 0.05) is 12.6 Å². The maximum Gasteiger partial charge on any atom is 0.414 e. The van der Waals surface area contributed by atoms with Crippen molar-refractivity contribution in [1.82, 2.24) is 4.90 Å². The summed E-state index contributed by atoms with van der Waals surface area (Å²) >= 11 is 0. The van der Waals surface area contributed by atoms with Crippen molar-refractivity contribution in [1.29, 1.82) is 0 Å². The number of ether oxygens (including phenoxy) is 1. The summed E-state index contributed by atoms with van der Waals surface area (Å²) in [5, 5.41) is 4.35. The SMILES string of the molecule is CC(C)[C@@H]1CC[C@@H](C)C[C@H]1OC(=O)N1C=C([Si](C)(C)C)C(=O)C[C@@H]1[Si](c1ccccc1)(c1ccccc1)c1ccccc1. The van der Waals surface area contributed by atoms with Crippen molar-refractivity contribution in [3.63, 3.8) is 0 Å². The van der Waals surface area contributed by atoms with E-state index >= 15 is 0 Å². The molecule has 0 spiro atoms. The summed E-state index contributed by atoms with van der Waals surface area (Å²) in [6.45, 7) is 13.3. The maximum absolute atomic E-state index is 14.7. The standard InChI is InChI=1S/C37H47NO3Si2/c1-27(2)32-23-22-28(3)24-34(32)41-37(40)38-26-35(42(4,5)6)33(39)25-36(38)43(29-16-10-7-11-17-29,30-18-12-8-13-19-30)31-20-14-9-15-21-31/h7-21,26-28,32,34,36H,22-25H2,1-6H3/t28-,32+,34-,36+/m1/s1. The van der Waals surface area contributed by atoms with E-state index in [9.17, 15) is 9.59 Å². The number of allylic oxidation sites excluding steroid dienone is 1. The predicted molar refractivity (Wildman–Crippen MR) is 182 cm³/mol. The van der Waals surface area contributed by atoms with Gasteiger partial charge in [0.25, 0.3) is 0 Å². The minimum atomic E-state index is -3.02. The van der Waals surface area contributed by atoms with Crippen LogP contribution in [-0.2, 0) is 9.53 Å². The lowest BCUT2D eigenvalue weighted by atomic mass is 9.75. The molecule has 0 N–H and O–H groups in total. The number of carbonyl (C=O) groups is 2. The highest BCUT2D eigenvalue weighted by molar-refractivity contribution is 7.12. The molecule has 6 heteroatoms. The van der Waals surface area contributed by atoms with Gasteiger partial charge in [-0.2, -0.15) is 0 Å². The summed E-state index contributed by atoms with van der Waals surface area (Å²) in [5.41, 5.74) is -0.377. The van der Waals surface area contributed by atoms with E-state index in [-0.39, 0.29) is 30.1 Å². The van der Waals surface area contributed by atoms with Gasteiger partial charge in [0.05, 0.1) is 13.7 Å². The van der Waals surface area contributed by atoms with Crippen LogP contribution in [0.2, 0.25) is 19.6 Å². The first-order valence-electron chi connectivity index (χ1n) is 15.9. The highest BCUT2D eigenvalue weighted by Crippen LogP contribution is 2.37. The first kappa shape index (κ1) is 31.2. The zero-order chi connectivity index (χ0) is 30.8. The van der Waals surface area contributed by atoms with Crippen LogP contribution in [0, 0.1) is 17.8 Å². The number of nitrogens with zero attached hydrogens (tertiary/aromatic N) is 1. The van der Waals surface area contributed by atoms with E-state index in [1.54, 1.807) is 0 Å². The molecule has 43 heavy (non-hydrogen) atoms. The fourth-order valence-electron chi connectivity index (χ4n) is 7.46. The van der Waals surface area contributed by atoms with Gasteiger partial charge >= 0.3 is 6.09 Å². The largest absolute Gasteiger partial charge is 0.446 e. The maximum atomic E-state index is 14.7. The van der Waals surface area contributed by atoms with Gasteiger partial charge in [-0.05, 0) is 51.4 Å². The van der Waals surface area contributed by atoms with Crippen LogP contribution >= 0.6 is 0 Å². The molecule has 1 amide bonds. The number of carbonyl (C=O) groups excluding carboxylic acids is 2. The Morgan fingerprint density at radius 2 is 1.30 bits per heavy atom. The lowest BCUT2D eigenvalue weighted by Crippen LogP contribution is -2.78. The van der Waals surface area contributed by atoms with Crippen molar-refractivity contribution in [2.45, 2.75) is 77.9 Å². The highest BCUT2D eigenvalue weighted by Gasteiger charge is 2.53. The third kappa shape index (κ3) is 6.23. The highest BCUT2D eigenvalue weighted by atomic mass is 28.3. The Labute approximate surface area is 260 Å². The van der Waals surface area contributed by atoms with Crippen LogP contribution in [0.15, 0.2) is 102 Å². The zero-order valence-corrected chi connectivity index (χ0v) is 28.6. The molecule has 3 aromatic rings. The van der Waals surface area contributed by atoms with Crippen molar-refractivity contribution in [3.8, 4) is 0 Å². The molecule has 1 saturated carbocycles. The second-order valence-corrected chi connectivity index (χ2v) is 23.1. The zero-order valence-electron chi connectivity index (χ0n) is 26.6.